The lowest BCUT2D eigenvalue weighted by Crippen LogP contribution is -2.37. The van der Waals surface area contributed by atoms with Gasteiger partial charge in [-0.2, -0.15) is 11.8 Å². The first-order valence-electron chi connectivity index (χ1n) is 5.91. The number of aliphatic hydroxyl groups is 1. The number of rotatable bonds is 7. The molecule has 0 aromatic heterocycles. The topological polar surface area (TPSA) is 75.3 Å². The molecule has 5 heteroatoms. The number of aliphatic hydroxyl groups excluding tert-OH is 1. The van der Waals surface area contributed by atoms with E-state index >= 15 is 0 Å². The van der Waals surface area contributed by atoms with E-state index in [9.17, 15) is 4.79 Å². The van der Waals surface area contributed by atoms with Crippen LogP contribution in [0.4, 0.5) is 0 Å². The summed E-state index contributed by atoms with van der Waals surface area (Å²) < 4.78 is 0. The van der Waals surface area contributed by atoms with Crippen LogP contribution in [0, 0.1) is 0 Å². The summed E-state index contributed by atoms with van der Waals surface area (Å²) in [4.78, 5) is 12.0. The van der Waals surface area contributed by atoms with Crippen molar-refractivity contribution in [3.05, 3.63) is 35.4 Å². The van der Waals surface area contributed by atoms with E-state index in [2.05, 4.69) is 5.32 Å². The van der Waals surface area contributed by atoms with Crippen LogP contribution in [-0.2, 0) is 6.54 Å². The Morgan fingerprint density at radius 3 is 2.61 bits per heavy atom. The van der Waals surface area contributed by atoms with Crippen molar-refractivity contribution in [2.75, 3.05) is 18.6 Å². The van der Waals surface area contributed by atoms with E-state index in [1.807, 2.05) is 18.4 Å². The maximum atomic E-state index is 12.0. The minimum atomic E-state index is -0.105. The molecule has 0 saturated carbocycles. The summed E-state index contributed by atoms with van der Waals surface area (Å²) in [5, 5.41) is 11.9. The predicted octanol–water partition coefficient (Wildman–Crippen LogP) is 0.989. The lowest BCUT2D eigenvalue weighted by molar-refractivity contribution is 0.0935. The van der Waals surface area contributed by atoms with E-state index in [1.165, 1.54) is 0 Å². The highest BCUT2D eigenvalue weighted by Crippen LogP contribution is 2.06. The molecule has 0 aliphatic heterocycles. The zero-order valence-electron chi connectivity index (χ0n) is 10.6. The molecule has 1 atom stereocenters. The normalized spacial score (nSPS) is 12.2. The Bertz CT molecular complexity index is 362. The standard InChI is InChI=1S/C13H20N2O2S/c1-18-9-12(6-7-16)15-13(17)11-4-2-10(8-14)3-5-11/h2-5,12,16H,6-9,14H2,1H3,(H,15,17). The van der Waals surface area contributed by atoms with Gasteiger partial charge in [-0.05, 0) is 30.4 Å². The maximum Gasteiger partial charge on any atom is 0.251 e. The van der Waals surface area contributed by atoms with Crippen molar-refractivity contribution >= 4 is 17.7 Å². The summed E-state index contributed by atoms with van der Waals surface area (Å²) in [7, 11) is 0. The van der Waals surface area contributed by atoms with E-state index in [4.69, 9.17) is 10.8 Å². The van der Waals surface area contributed by atoms with E-state index in [0.29, 0.717) is 18.5 Å². The summed E-state index contributed by atoms with van der Waals surface area (Å²) >= 11 is 1.65. The number of nitrogens with two attached hydrogens (primary N) is 1. The molecule has 1 unspecified atom stereocenters. The van der Waals surface area contributed by atoms with Gasteiger partial charge in [0.05, 0.1) is 0 Å². The molecule has 100 valence electrons. The Kier molecular flexibility index (Phi) is 6.78. The van der Waals surface area contributed by atoms with Gasteiger partial charge in [0.25, 0.3) is 5.91 Å². The third-order valence-electron chi connectivity index (χ3n) is 2.63. The van der Waals surface area contributed by atoms with Crippen LogP contribution in [0.3, 0.4) is 0 Å². The van der Waals surface area contributed by atoms with Gasteiger partial charge in [0.1, 0.15) is 0 Å². The molecule has 0 heterocycles. The maximum absolute atomic E-state index is 12.0. The Balaban J connectivity index is 2.61. The lowest BCUT2D eigenvalue weighted by atomic mass is 10.1. The quantitative estimate of drug-likeness (QED) is 0.689. The number of hydrogen-bond acceptors (Lipinski definition) is 4. The van der Waals surface area contributed by atoms with Crippen LogP contribution in [0.5, 0.6) is 0 Å². The predicted molar refractivity (Wildman–Crippen MR) is 75.7 cm³/mol. The Hall–Kier alpha value is -1.04. The Labute approximate surface area is 112 Å². The zero-order chi connectivity index (χ0) is 13.4. The van der Waals surface area contributed by atoms with Gasteiger partial charge in [-0.25, -0.2) is 0 Å². The molecule has 1 aromatic rings. The molecule has 0 spiro atoms. The lowest BCUT2D eigenvalue weighted by Gasteiger charge is -2.16. The average molecular weight is 268 g/mol. The molecule has 1 rings (SSSR count). The molecule has 1 aromatic carbocycles. The van der Waals surface area contributed by atoms with Gasteiger partial charge >= 0.3 is 0 Å². The summed E-state index contributed by atoms with van der Waals surface area (Å²) in [5.74, 6) is 0.693. The monoisotopic (exact) mass is 268 g/mol. The highest BCUT2D eigenvalue weighted by atomic mass is 32.2. The first kappa shape index (κ1) is 15.0. The molecule has 4 N–H and O–H groups in total. The van der Waals surface area contributed by atoms with Gasteiger partial charge in [0, 0.05) is 30.5 Å². The summed E-state index contributed by atoms with van der Waals surface area (Å²) in [6, 6.07) is 7.25. The van der Waals surface area contributed by atoms with Crippen molar-refractivity contribution in [2.45, 2.75) is 19.0 Å². The number of carbonyl (C=O) groups excluding carboxylic acids is 1. The number of hydrogen-bond donors (Lipinski definition) is 3. The third kappa shape index (κ3) is 4.68. The van der Waals surface area contributed by atoms with E-state index in [1.54, 1.807) is 23.9 Å². The molecule has 4 nitrogen and oxygen atoms in total. The number of nitrogens with one attached hydrogen (secondary N) is 1. The molecule has 18 heavy (non-hydrogen) atoms. The van der Waals surface area contributed by atoms with Crippen LogP contribution >= 0.6 is 11.8 Å². The van der Waals surface area contributed by atoms with Gasteiger partial charge in [0.2, 0.25) is 0 Å². The van der Waals surface area contributed by atoms with Gasteiger partial charge in [-0.15, -0.1) is 0 Å². The van der Waals surface area contributed by atoms with Crippen LogP contribution in [0.15, 0.2) is 24.3 Å². The van der Waals surface area contributed by atoms with Crippen LogP contribution in [0.2, 0.25) is 0 Å². The fourth-order valence-corrected chi connectivity index (χ4v) is 2.27. The average Bonchev–Trinajstić information content (AvgIpc) is 2.39. The first-order chi connectivity index (χ1) is 8.71. The van der Waals surface area contributed by atoms with Crippen molar-refractivity contribution in [1.29, 1.82) is 0 Å². The van der Waals surface area contributed by atoms with E-state index < -0.39 is 0 Å². The van der Waals surface area contributed by atoms with Crippen LogP contribution in [0.1, 0.15) is 22.3 Å². The van der Waals surface area contributed by atoms with Gasteiger partial charge in [-0.3, -0.25) is 4.79 Å². The van der Waals surface area contributed by atoms with E-state index in [0.717, 1.165) is 11.3 Å². The largest absolute Gasteiger partial charge is 0.396 e. The molecule has 0 aliphatic carbocycles. The van der Waals surface area contributed by atoms with E-state index in [-0.39, 0.29) is 18.6 Å². The van der Waals surface area contributed by atoms with Crippen LogP contribution < -0.4 is 11.1 Å². The SMILES string of the molecule is CSCC(CCO)NC(=O)c1ccc(CN)cc1. The second-order valence-electron chi connectivity index (χ2n) is 4.04. The molecule has 0 saturated heterocycles. The fraction of sp³-hybridized carbons (Fsp3) is 0.462. The number of thioether (sulfide) groups is 1. The highest BCUT2D eigenvalue weighted by molar-refractivity contribution is 7.98. The molecule has 0 fully saturated rings. The molecule has 1 amide bonds. The molecule has 0 bridgehead atoms. The van der Waals surface area contributed by atoms with Gasteiger partial charge in [0.15, 0.2) is 0 Å². The second kappa shape index (κ2) is 8.13. The second-order valence-corrected chi connectivity index (χ2v) is 4.95. The van der Waals surface area contributed by atoms with Gasteiger partial charge < -0.3 is 16.2 Å². The summed E-state index contributed by atoms with van der Waals surface area (Å²) in [5.41, 5.74) is 7.13. The summed E-state index contributed by atoms with van der Waals surface area (Å²) in [6.07, 6.45) is 2.56. The smallest absolute Gasteiger partial charge is 0.251 e. The van der Waals surface area contributed by atoms with Crippen LogP contribution in [-0.4, -0.2) is 35.7 Å². The molecule has 0 aliphatic rings. The van der Waals surface area contributed by atoms with Crippen molar-refractivity contribution in [3.8, 4) is 0 Å². The van der Waals surface area contributed by atoms with Crippen molar-refractivity contribution in [1.82, 2.24) is 5.32 Å². The molecular formula is C13H20N2O2S. The van der Waals surface area contributed by atoms with Crippen molar-refractivity contribution in [2.24, 2.45) is 5.73 Å². The number of benzene rings is 1. The fourth-order valence-electron chi connectivity index (χ4n) is 1.62. The Morgan fingerprint density at radius 1 is 1.44 bits per heavy atom. The zero-order valence-corrected chi connectivity index (χ0v) is 11.4. The third-order valence-corrected chi connectivity index (χ3v) is 3.37. The van der Waals surface area contributed by atoms with Gasteiger partial charge in [-0.1, -0.05) is 12.1 Å². The number of carbonyl (C=O) groups is 1. The Morgan fingerprint density at radius 2 is 2.11 bits per heavy atom. The van der Waals surface area contributed by atoms with Crippen LogP contribution in [0.25, 0.3) is 0 Å². The van der Waals surface area contributed by atoms with Crippen molar-refractivity contribution < 1.29 is 9.90 Å². The summed E-state index contributed by atoms with van der Waals surface area (Å²) in [6.45, 7) is 0.555. The number of amides is 1. The highest BCUT2D eigenvalue weighted by Gasteiger charge is 2.12. The molecular weight excluding hydrogens is 248 g/mol. The molecule has 0 radical (unpaired) electrons. The minimum absolute atomic E-state index is 0.00619. The first-order valence-corrected chi connectivity index (χ1v) is 7.30. The minimum Gasteiger partial charge on any atom is -0.396 e. The van der Waals surface area contributed by atoms with Crippen molar-refractivity contribution in [3.63, 3.8) is 0 Å².